The van der Waals surface area contributed by atoms with Gasteiger partial charge in [-0.3, -0.25) is 14.2 Å². The Kier molecular flexibility index (Phi) is 5.26. The van der Waals surface area contributed by atoms with E-state index in [1.54, 1.807) is 35.0 Å². The summed E-state index contributed by atoms with van der Waals surface area (Å²) < 4.78 is 7.74. The van der Waals surface area contributed by atoms with Crippen LogP contribution in [0.2, 0.25) is 0 Å². The number of benzene rings is 1. The molecule has 0 atom stereocenters. The minimum Gasteiger partial charge on any atom is -0.365 e. The molecule has 1 amide bonds. The van der Waals surface area contributed by atoms with E-state index in [0.717, 1.165) is 5.56 Å². The van der Waals surface area contributed by atoms with E-state index in [9.17, 15) is 9.59 Å². The van der Waals surface area contributed by atoms with Crippen LogP contribution in [-0.2, 0) is 6.54 Å². The van der Waals surface area contributed by atoms with Gasteiger partial charge in [0.25, 0.3) is 11.5 Å². The number of rotatable bonds is 7. The number of pyridine rings is 1. The highest BCUT2D eigenvalue weighted by Gasteiger charge is 2.18. The van der Waals surface area contributed by atoms with E-state index in [4.69, 9.17) is 10.3 Å². The number of nitrogens with one attached hydrogen (secondary N) is 1. The molecule has 3 N–H and O–H groups in total. The molecular formula is C23H20N8O3. The van der Waals surface area contributed by atoms with Crippen molar-refractivity contribution in [1.82, 2.24) is 24.3 Å². The lowest BCUT2D eigenvalue weighted by Crippen LogP contribution is -2.22. The van der Waals surface area contributed by atoms with Gasteiger partial charge in [-0.05, 0) is 17.7 Å². The molecule has 34 heavy (non-hydrogen) atoms. The van der Waals surface area contributed by atoms with Gasteiger partial charge in [0.1, 0.15) is 29.1 Å². The van der Waals surface area contributed by atoms with Crippen molar-refractivity contribution < 1.29 is 9.32 Å². The third-order valence-electron chi connectivity index (χ3n) is 5.25. The van der Waals surface area contributed by atoms with Crippen LogP contribution in [0.15, 0.2) is 82.6 Å². The molecular weight excluding hydrogens is 436 g/mol. The third kappa shape index (κ3) is 3.86. The molecule has 170 valence electrons. The number of hydrogen-bond donors (Lipinski definition) is 2. The molecule has 0 spiro atoms. The summed E-state index contributed by atoms with van der Waals surface area (Å²) in [6.07, 6.45) is 4.36. The maximum absolute atomic E-state index is 13.0. The summed E-state index contributed by atoms with van der Waals surface area (Å²) in [5.74, 6) is 0.702. The summed E-state index contributed by atoms with van der Waals surface area (Å²) in [7, 11) is 1.90. The number of nitrogens with zero attached hydrogens (tertiary/aromatic N) is 6. The summed E-state index contributed by atoms with van der Waals surface area (Å²) in [4.78, 5) is 31.5. The minimum atomic E-state index is -0.649. The van der Waals surface area contributed by atoms with E-state index < -0.39 is 5.91 Å². The van der Waals surface area contributed by atoms with Crippen molar-refractivity contribution >= 4 is 28.9 Å². The first-order valence-electron chi connectivity index (χ1n) is 10.3. The van der Waals surface area contributed by atoms with Crippen molar-refractivity contribution in [3.05, 3.63) is 94.7 Å². The number of carbonyl (C=O) groups excluding carboxylic acids is 1. The van der Waals surface area contributed by atoms with E-state index in [1.807, 2.05) is 42.3 Å². The fourth-order valence-corrected chi connectivity index (χ4v) is 3.63. The SMILES string of the molecule is CN(Cc1ccccc1)c1cc(Nc2cccn(-c3ccon3)c2=O)nc2c(C(N)=O)cnn12. The molecule has 0 unspecified atom stereocenters. The van der Waals surface area contributed by atoms with Crippen molar-refractivity contribution in [1.29, 1.82) is 0 Å². The first-order valence-corrected chi connectivity index (χ1v) is 10.3. The highest BCUT2D eigenvalue weighted by Crippen LogP contribution is 2.24. The van der Waals surface area contributed by atoms with E-state index in [0.29, 0.717) is 24.0 Å². The van der Waals surface area contributed by atoms with Gasteiger partial charge in [0.15, 0.2) is 11.5 Å². The Labute approximate surface area is 193 Å². The van der Waals surface area contributed by atoms with Gasteiger partial charge in [-0.1, -0.05) is 35.5 Å². The van der Waals surface area contributed by atoms with Crippen molar-refractivity contribution in [2.24, 2.45) is 5.73 Å². The van der Waals surface area contributed by atoms with Gasteiger partial charge in [-0.2, -0.15) is 9.61 Å². The van der Waals surface area contributed by atoms with Gasteiger partial charge >= 0.3 is 0 Å². The molecule has 0 fully saturated rings. The third-order valence-corrected chi connectivity index (χ3v) is 5.25. The molecule has 0 saturated heterocycles. The van der Waals surface area contributed by atoms with Crippen molar-refractivity contribution in [3.8, 4) is 5.82 Å². The zero-order valence-corrected chi connectivity index (χ0v) is 18.1. The Morgan fingerprint density at radius 3 is 2.74 bits per heavy atom. The number of nitrogens with two attached hydrogens (primary N) is 1. The summed E-state index contributed by atoms with van der Waals surface area (Å²) >= 11 is 0. The molecule has 5 aromatic rings. The lowest BCUT2D eigenvalue weighted by atomic mass is 10.2. The monoisotopic (exact) mass is 456 g/mol. The Morgan fingerprint density at radius 2 is 2.00 bits per heavy atom. The Morgan fingerprint density at radius 1 is 1.18 bits per heavy atom. The van der Waals surface area contributed by atoms with Crippen LogP contribution in [0.25, 0.3) is 11.5 Å². The van der Waals surface area contributed by atoms with Crippen LogP contribution in [0.4, 0.5) is 17.3 Å². The van der Waals surface area contributed by atoms with Crippen LogP contribution >= 0.6 is 0 Å². The number of anilines is 3. The van der Waals surface area contributed by atoms with Crippen molar-refractivity contribution in [2.75, 3.05) is 17.3 Å². The van der Waals surface area contributed by atoms with Crippen LogP contribution in [0.3, 0.4) is 0 Å². The van der Waals surface area contributed by atoms with E-state index in [2.05, 4.69) is 20.6 Å². The molecule has 4 heterocycles. The first-order chi connectivity index (χ1) is 16.5. The van der Waals surface area contributed by atoms with E-state index in [-0.39, 0.29) is 22.5 Å². The molecule has 0 aliphatic rings. The van der Waals surface area contributed by atoms with Gasteiger partial charge < -0.3 is 20.5 Å². The van der Waals surface area contributed by atoms with Crippen LogP contribution in [-0.4, -0.2) is 37.3 Å². The average molecular weight is 456 g/mol. The molecule has 0 aliphatic carbocycles. The smallest absolute Gasteiger partial charge is 0.280 e. The van der Waals surface area contributed by atoms with Crippen LogP contribution in [0, 0.1) is 0 Å². The zero-order chi connectivity index (χ0) is 23.7. The molecule has 0 bridgehead atoms. The summed E-state index contributed by atoms with van der Waals surface area (Å²) in [5.41, 5.74) is 6.99. The highest BCUT2D eigenvalue weighted by molar-refractivity contribution is 5.99. The summed E-state index contributed by atoms with van der Waals surface area (Å²) in [5, 5.41) is 11.2. The van der Waals surface area contributed by atoms with Gasteiger partial charge in [0, 0.05) is 31.9 Å². The van der Waals surface area contributed by atoms with Crippen LogP contribution in [0.1, 0.15) is 15.9 Å². The Hall–Kier alpha value is -4.93. The second-order valence-electron chi connectivity index (χ2n) is 7.58. The van der Waals surface area contributed by atoms with E-state index in [1.165, 1.54) is 17.0 Å². The normalized spacial score (nSPS) is 11.0. The maximum Gasteiger partial charge on any atom is 0.280 e. The van der Waals surface area contributed by atoms with Crippen LogP contribution < -0.4 is 21.5 Å². The largest absolute Gasteiger partial charge is 0.365 e. The molecule has 11 heteroatoms. The molecule has 5 rings (SSSR count). The molecule has 4 aromatic heterocycles. The lowest BCUT2D eigenvalue weighted by Gasteiger charge is -2.21. The number of amides is 1. The zero-order valence-electron chi connectivity index (χ0n) is 18.1. The predicted molar refractivity (Wildman–Crippen MR) is 125 cm³/mol. The first kappa shape index (κ1) is 20.9. The lowest BCUT2D eigenvalue weighted by molar-refractivity contribution is 0.100. The fourth-order valence-electron chi connectivity index (χ4n) is 3.63. The number of aromatic nitrogens is 5. The second kappa shape index (κ2) is 8.54. The molecule has 0 saturated carbocycles. The topological polar surface area (TPSA) is 137 Å². The molecule has 11 nitrogen and oxygen atoms in total. The van der Waals surface area contributed by atoms with Gasteiger partial charge in [-0.15, -0.1) is 0 Å². The van der Waals surface area contributed by atoms with Gasteiger partial charge in [0.2, 0.25) is 0 Å². The maximum atomic E-state index is 13.0. The number of hydrogen-bond acceptors (Lipinski definition) is 8. The fraction of sp³-hybridized carbons (Fsp3) is 0.0870. The van der Waals surface area contributed by atoms with Crippen molar-refractivity contribution in [2.45, 2.75) is 6.54 Å². The van der Waals surface area contributed by atoms with Crippen molar-refractivity contribution in [3.63, 3.8) is 0 Å². The minimum absolute atomic E-state index is 0.172. The summed E-state index contributed by atoms with van der Waals surface area (Å²) in [6, 6.07) is 16.6. The van der Waals surface area contributed by atoms with Gasteiger partial charge in [0.05, 0.1) is 6.20 Å². The van der Waals surface area contributed by atoms with Crippen LogP contribution in [0.5, 0.6) is 0 Å². The average Bonchev–Trinajstić information content (AvgIpc) is 3.51. The second-order valence-corrected chi connectivity index (χ2v) is 7.58. The number of carbonyl (C=O) groups is 1. The molecule has 0 aliphatic heterocycles. The standard InChI is InChI=1S/C23H20N8O3/c1-29(14-15-6-3-2-4-7-15)20-12-18(27-22-16(21(24)32)13-25-31(20)22)26-17-8-5-10-30(23(17)33)19-9-11-34-28-19/h2-13H,14H2,1H3,(H2,24,32)(H,26,27). The Balaban J connectivity index is 1.58. The molecule has 0 radical (unpaired) electrons. The summed E-state index contributed by atoms with van der Waals surface area (Å²) in [6.45, 7) is 0.579. The Bertz CT molecular complexity index is 1520. The molecule has 1 aromatic carbocycles. The van der Waals surface area contributed by atoms with Gasteiger partial charge in [-0.25, -0.2) is 4.98 Å². The quantitative estimate of drug-likeness (QED) is 0.381. The predicted octanol–water partition coefficient (Wildman–Crippen LogP) is 2.35. The number of fused-ring (bicyclic) bond motifs is 1. The highest BCUT2D eigenvalue weighted by atomic mass is 16.5. The number of primary amides is 1. The van der Waals surface area contributed by atoms with E-state index >= 15 is 0 Å².